The van der Waals surface area contributed by atoms with Crippen LogP contribution in [0.5, 0.6) is 0 Å². The Hall–Kier alpha value is -1.55. The molecule has 0 unspecified atom stereocenters. The summed E-state index contributed by atoms with van der Waals surface area (Å²) in [5.74, 6) is 0.0670. The number of nitrogens with zero attached hydrogens (tertiary/aromatic N) is 1. The van der Waals surface area contributed by atoms with Crippen LogP contribution in [0.1, 0.15) is 25.8 Å². The third-order valence-corrected chi connectivity index (χ3v) is 2.72. The monoisotopic (exact) mass is 219 g/mol. The molecule has 0 atom stereocenters. The van der Waals surface area contributed by atoms with Gasteiger partial charge in [-0.05, 0) is 31.5 Å². The largest absolute Gasteiger partial charge is 0.322 e. The molecular formula is C12H17N3O. The second-order valence-corrected chi connectivity index (χ2v) is 4.71. The molecule has 1 heterocycles. The topological polar surface area (TPSA) is 58.4 Å². The molecule has 1 fully saturated rings. The van der Waals surface area contributed by atoms with Gasteiger partial charge < -0.3 is 5.73 Å². The minimum absolute atomic E-state index is 0.0670. The number of carbonyl (C=O) groups excluding carboxylic acids is 1. The van der Waals surface area contributed by atoms with Gasteiger partial charge in [-0.2, -0.15) is 0 Å². The van der Waals surface area contributed by atoms with E-state index in [1.807, 2.05) is 43.1 Å². The van der Waals surface area contributed by atoms with E-state index in [1.165, 1.54) is 0 Å². The Morgan fingerprint density at radius 2 is 2.19 bits per heavy atom. The van der Waals surface area contributed by atoms with Crippen molar-refractivity contribution in [2.45, 2.75) is 25.8 Å². The van der Waals surface area contributed by atoms with E-state index in [4.69, 9.17) is 5.73 Å². The van der Waals surface area contributed by atoms with Gasteiger partial charge in [-0.15, -0.1) is 0 Å². The van der Waals surface area contributed by atoms with Crippen LogP contribution in [0, 0.1) is 0 Å². The van der Waals surface area contributed by atoms with Crippen molar-refractivity contribution in [2.24, 2.45) is 5.73 Å². The maximum Gasteiger partial charge on any atom is 0.240 e. The predicted octanol–water partition coefficient (Wildman–Crippen LogP) is 1.12. The van der Waals surface area contributed by atoms with Gasteiger partial charge in [0.05, 0.1) is 5.69 Å². The number of hydrogen-bond donors (Lipinski definition) is 2. The van der Waals surface area contributed by atoms with E-state index >= 15 is 0 Å². The maximum atomic E-state index is 11.1. The molecule has 86 valence electrons. The van der Waals surface area contributed by atoms with Crippen LogP contribution in [-0.2, 0) is 10.3 Å². The zero-order valence-electron chi connectivity index (χ0n) is 9.66. The molecule has 2 rings (SSSR count). The fraction of sp³-hybridized carbons (Fsp3) is 0.417. The summed E-state index contributed by atoms with van der Waals surface area (Å²) in [7, 11) is 0. The molecule has 0 aliphatic carbocycles. The van der Waals surface area contributed by atoms with Crippen molar-refractivity contribution in [3.05, 3.63) is 29.8 Å². The lowest BCUT2D eigenvalue weighted by molar-refractivity contribution is -0.119. The van der Waals surface area contributed by atoms with E-state index in [9.17, 15) is 4.79 Å². The molecule has 0 spiro atoms. The van der Waals surface area contributed by atoms with Crippen LogP contribution in [0.25, 0.3) is 0 Å². The maximum absolute atomic E-state index is 11.1. The summed E-state index contributed by atoms with van der Waals surface area (Å²) >= 11 is 0. The van der Waals surface area contributed by atoms with Crippen molar-refractivity contribution < 1.29 is 4.79 Å². The fourth-order valence-corrected chi connectivity index (χ4v) is 1.74. The summed E-state index contributed by atoms with van der Waals surface area (Å²) in [6, 6.07) is 7.96. The van der Waals surface area contributed by atoms with Gasteiger partial charge >= 0.3 is 0 Å². The van der Waals surface area contributed by atoms with Gasteiger partial charge in [0.25, 0.3) is 0 Å². The molecule has 1 aliphatic rings. The molecule has 1 saturated heterocycles. The van der Waals surface area contributed by atoms with Crippen LogP contribution in [0.15, 0.2) is 24.3 Å². The van der Waals surface area contributed by atoms with Crippen LogP contribution >= 0.6 is 0 Å². The molecule has 1 aromatic carbocycles. The number of amides is 1. The van der Waals surface area contributed by atoms with Gasteiger partial charge in [-0.25, -0.2) is 0 Å². The summed E-state index contributed by atoms with van der Waals surface area (Å²) in [4.78, 5) is 11.1. The summed E-state index contributed by atoms with van der Waals surface area (Å²) in [6.07, 6.45) is 0.552. The first-order valence-electron chi connectivity index (χ1n) is 5.43. The first kappa shape index (κ1) is 11.0. The molecule has 4 heteroatoms. The van der Waals surface area contributed by atoms with Gasteiger partial charge in [0.2, 0.25) is 5.91 Å². The van der Waals surface area contributed by atoms with Gasteiger partial charge in [-0.1, -0.05) is 12.1 Å². The number of carbonyl (C=O) groups is 1. The van der Waals surface area contributed by atoms with E-state index in [1.54, 1.807) is 0 Å². The molecule has 1 amide bonds. The Bertz CT molecular complexity index is 409. The Balaban J connectivity index is 2.26. The van der Waals surface area contributed by atoms with Crippen molar-refractivity contribution in [1.82, 2.24) is 5.43 Å². The van der Waals surface area contributed by atoms with Crippen molar-refractivity contribution in [3.63, 3.8) is 0 Å². The van der Waals surface area contributed by atoms with Gasteiger partial charge in [0, 0.05) is 18.5 Å². The van der Waals surface area contributed by atoms with Crippen LogP contribution in [0.4, 0.5) is 5.69 Å². The molecule has 0 saturated carbocycles. The Morgan fingerprint density at radius 1 is 1.44 bits per heavy atom. The SMILES string of the molecule is CC(C)(N)c1cccc(N2CCC(=O)N2)c1. The van der Waals surface area contributed by atoms with Gasteiger partial charge in [0.15, 0.2) is 0 Å². The lowest BCUT2D eigenvalue weighted by Crippen LogP contribution is -2.34. The number of benzene rings is 1. The van der Waals surface area contributed by atoms with Crippen molar-refractivity contribution >= 4 is 11.6 Å². The zero-order chi connectivity index (χ0) is 11.8. The summed E-state index contributed by atoms with van der Waals surface area (Å²) in [6.45, 7) is 4.65. The number of hydrogen-bond acceptors (Lipinski definition) is 3. The first-order chi connectivity index (χ1) is 7.47. The molecular weight excluding hydrogens is 202 g/mol. The number of hydrazine groups is 1. The van der Waals surface area contributed by atoms with Gasteiger partial charge in [0.1, 0.15) is 0 Å². The van der Waals surface area contributed by atoms with E-state index < -0.39 is 0 Å². The Kier molecular flexibility index (Phi) is 2.59. The fourth-order valence-electron chi connectivity index (χ4n) is 1.74. The lowest BCUT2D eigenvalue weighted by Gasteiger charge is -2.23. The highest BCUT2D eigenvalue weighted by atomic mass is 16.2. The summed E-state index contributed by atoms with van der Waals surface area (Å²) in [5, 5.41) is 1.86. The highest BCUT2D eigenvalue weighted by Crippen LogP contribution is 2.23. The standard InChI is InChI=1S/C12H17N3O/c1-12(2,13)9-4-3-5-10(8-9)15-7-6-11(16)14-15/h3-5,8H,6-7,13H2,1-2H3,(H,14,16). The number of nitrogens with two attached hydrogens (primary N) is 1. The molecule has 16 heavy (non-hydrogen) atoms. The minimum Gasteiger partial charge on any atom is -0.322 e. The number of nitrogens with one attached hydrogen (secondary N) is 1. The second-order valence-electron chi connectivity index (χ2n) is 4.71. The molecule has 1 aromatic rings. The number of anilines is 1. The molecule has 0 radical (unpaired) electrons. The Labute approximate surface area is 95.4 Å². The third kappa shape index (κ3) is 2.17. The van der Waals surface area contributed by atoms with Crippen LogP contribution in [-0.4, -0.2) is 12.5 Å². The third-order valence-electron chi connectivity index (χ3n) is 2.72. The van der Waals surface area contributed by atoms with Crippen LogP contribution < -0.4 is 16.2 Å². The van der Waals surface area contributed by atoms with E-state index in [-0.39, 0.29) is 11.4 Å². The second kappa shape index (κ2) is 3.79. The quantitative estimate of drug-likeness (QED) is 0.783. The smallest absolute Gasteiger partial charge is 0.240 e. The average Bonchev–Trinajstić information content (AvgIpc) is 2.64. The van der Waals surface area contributed by atoms with Crippen LogP contribution in [0.3, 0.4) is 0 Å². The molecule has 1 aliphatic heterocycles. The Morgan fingerprint density at radius 3 is 2.75 bits per heavy atom. The van der Waals surface area contributed by atoms with E-state index in [0.717, 1.165) is 11.3 Å². The van der Waals surface area contributed by atoms with Crippen molar-refractivity contribution in [2.75, 3.05) is 11.6 Å². The predicted molar refractivity (Wildman–Crippen MR) is 63.8 cm³/mol. The average molecular weight is 219 g/mol. The highest BCUT2D eigenvalue weighted by Gasteiger charge is 2.20. The molecule has 0 bridgehead atoms. The minimum atomic E-state index is -0.361. The van der Waals surface area contributed by atoms with E-state index in [2.05, 4.69) is 5.43 Å². The first-order valence-corrected chi connectivity index (χ1v) is 5.43. The molecule has 3 N–H and O–H groups in total. The number of rotatable bonds is 2. The highest BCUT2D eigenvalue weighted by molar-refractivity contribution is 5.81. The molecule has 4 nitrogen and oxygen atoms in total. The normalized spacial score (nSPS) is 16.4. The summed E-state index contributed by atoms with van der Waals surface area (Å²) in [5.41, 5.74) is 10.5. The molecule has 0 aromatic heterocycles. The van der Waals surface area contributed by atoms with Gasteiger partial charge in [-0.3, -0.25) is 15.2 Å². The van der Waals surface area contributed by atoms with Crippen LogP contribution in [0.2, 0.25) is 0 Å². The zero-order valence-corrected chi connectivity index (χ0v) is 9.66. The van der Waals surface area contributed by atoms with Crippen molar-refractivity contribution in [3.8, 4) is 0 Å². The summed E-state index contributed by atoms with van der Waals surface area (Å²) < 4.78 is 0. The lowest BCUT2D eigenvalue weighted by atomic mass is 9.95. The van der Waals surface area contributed by atoms with E-state index in [0.29, 0.717) is 13.0 Å². The van der Waals surface area contributed by atoms with Crippen molar-refractivity contribution in [1.29, 1.82) is 0 Å².